The zero-order valence-corrected chi connectivity index (χ0v) is 11.3. The maximum Gasteiger partial charge on any atom is 0.0495 e. The summed E-state index contributed by atoms with van der Waals surface area (Å²) in [7, 11) is 0. The van der Waals surface area contributed by atoms with Crippen molar-refractivity contribution in [3.63, 3.8) is 0 Å². The average Bonchev–Trinajstić information content (AvgIpc) is 2.65. The Morgan fingerprint density at radius 1 is 1.38 bits per heavy atom. The van der Waals surface area contributed by atoms with Gasteiger partial charge in [0.25, 0.3) is 0 Å². The molecule has 16 heavy (non-hydrogen) atoms. The largest absolute Gasteiger partial charge is 0.299 e. The predicted molar refractivity (Wildman–Crippen MR) is 70.3 cm³/mol. The first-order chi connectivity index (χ1) is 7.58. The molecule has 2 rings (SSSR count). The minimum Gasteiger partial charge on any atom is -0.299 e. The molecule has 88 valence electrons. The van der Waals surface area contributed by atoms with Gasteiger partial charge in [0.1, 0.15) is 0 Å². The predicted octanol–water partition coefficient (Wildman–Crippen LogP) is 4.14. The van der Waals surface area contributed by atoms with Gasteiger partial charge >= 0.3 is 0 Å². The van der Waals surface area contributed by atoms with E-state index in [1.54, 1.807) is 0 Å². The van der Waals surface area contributed by atoms with E-state index in [2.05, 4.69) is 11.8 Å². The van der Waals surface area contributed by atoms with Crippen LogP contribution in [0.2, 0.25) is 10.0 Å². The van der Waals surface area contributed by atoms with Crippen molar-refractivity contribution in [3.05, 3.63) is 33.3 Å². The summed E-state index contributed by atoms with van der Waals surface area (Å²) in [5.74, 6) is 0.812. The van der Waals surface area contributed by atoms with Gasteiger partial charge in [0, 0.05) is 23.1 Å². The Morgan fingerprint density at radius 2 is 2.12 bits per heavy atom. The van der Waals surface area contributed by atoms with Crippen LogP contribution in [0.15, 0.2) is 12.1 Å². The van der Waals surface area contributed by atoms with Gasteiger partial charge in [-0.15, -0.1) is 0 Å². The number of hydrogen-bond donors (Lipinski definition) is 0. The van der Waals surface area contributed by atoms with Crippen molar-refractivity contribution >= 4 is 23.2 Å². The number of halogens is 2. The fraction of sp³-hybridized carbons (Fsp3) is 0.538. The van der Waals surface area contributed by atoms with Crippen molar-refractivity contribution in [1.29, 1.82) is 0 Å². The minimum absolute atomic E-state index is 0.753. The maximum absolute atomic E-state index is 6.30. The van der Waals surface area contributed by atoms with Crippen LogP contribution in [0, 0.1) is 12.8 Å². The molecule has 1 aliphatic rings. The van der Waals surface area contributed by atoms with E-state index in [0.717, 1.165) is 28.1 Å². The van der Waals surface area contributed by atoms with E-state index in [4.69, 9.17) is 23.2 Å². The molecule has 0 radical (unpaired) electrons. The van der Waals surface area contributed by atoms with Crippen LogP contribution in [0.1, 0.15) is 24.5 Å². The van der Waals surface area contributed by atoms with Gasteiger partial charge in [-0.2, -0.15) is 0 Å². The molecule has 1 aliphatic heterocycles. The van der Waals surface area contributed by atoms with Crippen LogP contribution < -0.4 is 0 Å². The quantitative estimate of drug-likeness (QED) is 0.770. The Labute approximate surface area is 107 Å². The first-order valence-corrected chi connectivity index (χ1v) is 6.49. The Morgan fingerprint density at radius 3 is 2.75 bits per heavy atom. The zero-order chi connectivity index (χ0) is 11.7. The zero-order valence-electron chi connectivity index (χ0n) is 9.76. The fourth-order valence-electron chi connectivity index (χ4n) is 2.25. The Bertz CT molecular complexity index is 390. The molecule has 1 aromatic carbocycles. The molecule has 1 fully saturated rings. The van der Waals surface area contributed by atoms with Crippen molar-refractivity contribution in [3.8, 4) is 0 Å². The summed E-state index contributed by atoms with van der Waals surface area (Å²) < 4.78 is 0. The van der Waals surface area contributed by atoms with E-state index in [-0.39, 0.29) is 0 Å². The van der Waals surface area contributed by atoms with Gasteiger partial charge in [-0.05, 0) is 43.0 Å². The van der Waals surface area contributed by atoms with Crippen molar-refractivity contribution < 1.29 is 0 Å². The molecule has 0 N–H and O–H groups in total. The van der Waals surface area contributed by atoms with Gasteiger partial charge in [-0.1, -0.05) is 36.2 Å². The van der Waals surface area contributed by atoms with Crippen molar-refractivity contribution in [1.82, 2.24) is 4.90 Å². The van der Waals surface area contributed by atoms with E-state index in [1.165, 1.54) is 25.1 Å². The number of benzene rings is 1. The molecule has 1 atom stereocenters. The minimum atomic E-state index is 0.753. The molecular weight excluding hydrogens is 241 g/mol. The van der Waals surface area contributed by atoms with Crippen LogP contribution >= 0.6 is 23.2 Å². The summed E-state index contributed by atoms with van der Waals surface area (Å²) in [5.41, 5.74) is 2.19. The third kappa shape index (κ3) is 2.53. The van der Waals surface area contributed by atoms with Crippen LogP contribution in [0.4, 0.5) is 0 Å². The summed E-state index contributed by atoms with van der Waals surface area (Å²) >= 11 is 12.3. The topological polar surface area (TPSA) is 3.24 Å². The van der Waals surface area contributed by atoms with Crippen LogP contribution in [-0.2, 0) is 6.54 Å². The third-order valence-electron chi connectivity index (χ3n) is 3.30. The van der Waals surface area contributed by atoms with E-state index >= 15 is 0 Å². The molecule has 0 aromatic heterocycles. The lowest BCUT2D eigenvalue weighted by molar-refractivity contribution is 0.320. The second kappa shape index (κ2) is 4.95. The monoisotopic (exact) mass is 257 g/mol. The standard InChI is InChI=1S/C13H17Cl2N/c1-9-5-6-16(7-9)8-11-3-4-12(14)10(2)13(11)15/h3-4,9H,5-8H2,1-2H3/t9-/m1/s1. The second-order valence-corrected chi connectivity index (χ2v) is 5.56. The number of nitrogens with zero attached hydrogens (tertiary/aromatic N) is 1. The average molecular weight is 258 g/mol. The van der Waals surface area contributed by atoms with Gasteiger partial charge in [-0.25, -0.2) is 0 Å². The highest BCUT2D eigenvalue weighted by atomic mass is 35.5. The van der Waals surface area contributed by atoms with Crippen molar-refractivity contribution in [2.45, 2.75) is 26.8 Å². The number of hydrogen-bond acceptors (Lipinski definition) is 1. The smallest absolute Gasteiger partial charge is 0.0495 e. The second-order valence-electron chi connectivity index (χ2n) is 4.77. The highest BCUT2D eigenvalue weighted by Crippen LogP contribution is 2.29. The van der Waals surface area contributed by atoms with E-state index in [0.29, 0.717) is 0 Å². The number of likely N-dealkylation sites (tertiary alicyclic amines) is 1. The van der Waals surface area contributed by atoms with Gasteiger partial charge < -0.3 is 0 Å². The summed E-state index contributed by atoms with van der Waals surface area (Å²) in [6.07, 6.45) is 1.30. The Hall–Kier alpha value is -0.240. The van der Waals surface area contributed by atoms with Crippen LogP contribution in [0.25, 0.3) is 0 Å². The van der Waals surface area contributed by atoms with Gasteiger partial charge in [0.2, 0.25) is 0 Å². The molecule has 1 aromatic rings. The maximum atomic E-state index is 6.30. The summed E-state index contributed by atoms with van der Waals surface area (Å²) in [4.78, 5) is 2.46. The Balaban J connectivity index is 2.13. The molecule has 0 bridgehead atoms. The molecule has 1 saturated heterocycles. The highest BCUT2D eigenvalue weighted by molar-refractivity contribution is 6.36. The lowest BCUT2D eigenvalue weighted by Crippen LogP contribution is -2.19. The molecule has 1 heterocycles. The van der Waals surface area contributed by atoms with Crippen LogP contribution in [0.3, 0.4) is 0 Å². The first kappa shape index (κ1) is 12.2. The molecule has 0 aliphatic carbocycles. The van der Waals surface area contributed by atoms with Gasteiger partial charge in [0.15, 0.2) is 0 Å². The summed E-state index contributed by atoms with van der Waals surface area (Å²) in [5, 5.41) is 1.58. The molecule has 0 spiro atoms. The summed E-state index contributed by atoms with van der Waals surface area (Å²) in [6.45, 7) is 7.58. The lowest BCUT2D eigenvalue weighted by atomic mass is 10.1. The molecule has 3 heteroatoms. The normalized spacial score (nSPS) is 21.6. The highest BCUT2D eigenvalue weighted by Gasteiger charge is 2.19. The van der Waals surface area contributed by atoms with Crippen LogP contribution in [0.5, 0.6) is 0 Å². The third-order valence-corrected chi connectivity index (χ3v) is 4.24. The van der Waals surface area contributed by atoms with Crippen LogP contribution in [-0.4, -0.2) is 18.0 Å². The number of rotatable bonds is 2. The Kier molecular flexibility index (Phi) is 3.78. The van der Waals surface area contributed by atoms with Gasteiger partial charge in [-0.3, -0.25) is 4.90 Å². The van der Waals surface area contributed by atoms with E-state index in [1.807, 2.05) is 19.1 Å². The molecule has 0 unspecified atom stereocenters. The molecule has 1 nitrogen and oxygen atoms in total. The SMILES string of the molecule is Cc1c(Cl)ccc(CN2CC[C@@H](C)C2)c1Cl. The van der Waals surface area contributed by atoms with E-state index < -0.39 is 0 Å². The molecule has 0 saturated carbocycles. The van der Waals surface area contributed by atoms with Crippen molar-refractivity contribution in [2.75, 3.05) is 13.1 Å². The first-order valence-electron chi connectivity index (χ1n) is 5.73. The van der Waals surface area contributed by atoms with Crippen molar-refractivity contribution in [2.24, 2.45) is 5.92 Å². The van der Waals surface area contributed by atoms with Gasteiger partial charge in [0.05, 0.1) is 0 Å². The fourth-order valence-corrected chi connectivity index (χ4v) is 2.68. The summed E-state index contributed by atoms with van der Waals surface area (Å²) in [6, 6.07) is 3.98. The lowest BCUT2D eigenvalue weighted by Gasteiger charge is -2.17. The molecular formula is C13H17Cl2N. The molecule has 0 amide bonds. The van der Waals surface area contributed by atoms with E-state index in [9.17, 15) is 0 Å².